The fourth-order valence-electron chi connectivity index (χ4n) is 6.97. The van der Waals surface area contributed by atoms with Crippen molar-refractivity contribution in [1.29, 1.82) is 0 Å². The lowest BCUT2D eigenvalue weighted by molar-refractivity contribution is -0.171. The minimum Gasteiger partial charge on any atom is -0.464 e. The van der Waals surface area contributed by atoms with Crippen LogP contribution in [0.25, 0.3) is 0 Å². The van der Waals surface area contributed by atoms with Crippen molar-refractivity contribution in [2.24, 2.45) is 22.2 Å². The Balaban J connectivity index is 1.77. The molecule has 0 aromatic rings. The number of hydrogen-bond donors (Lipinski definition) is 1. The van der Waals surface area contributed by atoms with Crippen LogP contribution in [0.1, 0.15) is 40.5 Å². The van der Waals surface area contributed by atoms with Gasteiger partial charge in [-0.1, -0.05) is 20.8 Å². The van der Waals surface area contributed by atoms with Crippen molar-refractivity contribution >= 4 is 18.4 Å². The van der Waals surface area contributed by atoms with Gasteiger partial charge in [-0.15, -0.1) is 0 Å². The lowest BCUT2D eigenvalue weighted by atomic mass is 9.54. The fraction of sp³-hybridized carbons (Fsp3) is 0.750. The van der Waals surface area contributed by atoms with Gasteiger partial charge < -0.3 is 24.1 Å². The summed E-state index contributed by atoms with van der Waals surface area (Å²) in [6.07, 6.45) is -3.27. The zero-order valence-corrected chi connectivity index (χ0v) is 16.3. The van der Waals surface area contributed by atoms with E-state index in [1.807, 2.05) is 20.8 Å². The van der Waals surface area contributed by atoms with E-state index >= 15 is 0 Å². The molecular weight excluding hydrogens is 368 g/mol. The second-order valence-electron chi connectivity index (χ2n) is 9.71. The lowest BCUT2D eigenvalue weighted by Crippen LogP contribution is -2.56. The van der Waals surface area contributed by atoms with Gasteiger partial charge in [0.15, 0.2) is 6.10 Å². The normalized spacial score (nSPS) is 48.8. The van der Waals surface area contributed by atoms with Gasteiger partial charge in [-0.25, -0.2) is 9.59 Å². The van der Waals surface area contributed by atoms with Gasteiger partial charge in [-0.05, 0) is 24.7 Å². The van der Waals surface area contributed by atoms with Crippen molar-refractivity contribution in [1.82, 2.24) is 0 Å². The third kappa shape index (κ3) is 1.69. The van der Waals surface area contributed by atoms with Gasteiger partial charge in [0.2, 0.25) is 6.29 Å². The van der Waals surface area contributed by atoms with Gasteiger partial charge in [-0.3, -0.25) is 4.79 Å². The number of aliphatic hydroxyl groups is 1. The minimum absolute atomic E-state index is 0.211. The number of aliphatic hydroxyl groups excluding tert-OH is 1. The van der Waals surface area contributed by atoms with E-state index in [4.69, 9.17) is 18.9 Å². The van der Waals surface area contributed by atoms with Crippen LogP contribution in [0.4, 0.5) is 0 Å². The molecule has 2 saturated heterocycles. The summed E-state index contributed by atoms with van der Waals surface area (Å²) in [6, 6.07) is 0. The fourth-order valence-corrected chi connectivity index (χ4v) is 6.97. The highest BCUT2D eigenvalue weighted by Gasteiger charge is 2.87. The van der Waals surface area contributed by atoms with Gasteiger partial charge in [0, 0.05) is 17.6 Å². The maximum Gasteiger partial charge on any atom is 0.338 e. The highest BCUT2D eigenvalue weighted by atomic mass is 16.7. The Morgan fingerprint density at radius 1 is 1.25 bits per heavy atom. The molecule has 2 aliphatic carbocycles. The molecule has 0 aromatic carbocycles. The van der Waals surface area contributed by atoms with Crippen molar-refractivity contribution in [2.75, 3.05) is 0 Å². The molecule has 2 spiro atoms. The first-order chi connectivity index (χ1) is 13.1. The van der Waals surface area contributed by atoms with Crippen LogP contribution in [0.15, 0.2) is 11.1 Å². The Hall–Kier alpha value is -1.93. The second kappa shape index (κ2) is 5.16. The van der Waals surface area contributed by atoms with Crippen molar-refractivity contribution in [3.8, 4) is 0 Å². The predicted octanol–water partition coefficient (Wildman–Crippen LogP) is 0.855. The summed E-state index contributed by atoms with van der Waals surface area (Å²) in [4.78, 5) is 35.9. The summed E-state index contributed by atoms with van der Waals surface area (Å²) in [7, 11) is 0. The van der Waals surface area contributed by atoms with E-state index in [0.29, 0.717) is 24.9 Å². The standard InChI is InChI=1S/C20H24O8/c1-8-12-9(26-15(8)23)6-19-11(25-7-21)5-10(18(2,3)4)20(19)13(22)16(24)28-17(20)27-14(12)19/h7,9-11,13-14,17,22H,5-6H2,1-4H3/t9?,10-,11?,13-,14?,17?,19?,20?/m0/s1. The van der Waals surface area contributed by atoms with Crippen LogP contribution in [-0.4, -0.2) is 54.2 Å². The van der Waals surface area contributed by atoms with E-state index in [-0.39, 0.29) is 17.3 Å². The van der Waals surface area contributed by atoms with Gasteiger partial charge in [-0.2, -0.15) is 0 Å². The van der Waals surface area contributed by atoms with Crippen LogP contribution >= 0.6 is 0 Å². The van der Waals surface area contributed by atoms with E-state index < -0.39 is 47.5 Å². The van der Waals surface area contributed by atoms with Gasteiger partial charge >= 0.3 is 11.9 Å². The molecule has 8 heteroatoms. The van der Waals surface area contributed by atoms with Gasteiger partial charge in [0.25, 0.3) is 6.47 Å². The Morgan fingerprint density at radius 2 is 1.96 bits per heavy atom. The Kier molecular flexibility index (Phi) is 3.34. The highest BCUT2D eigenvalue weighted by Crippen LogP contribution is 2.77. The van der Waals surface area contributed by atoms with Gasteiger partial charge in [0.1, 0.15) is 12.2 Å². The summed E-state index contributed by atoms with van der Waals surface area (Å²) < 4.78 is 22.8. The maximum atomic E-state index is 12.5. The summed E-state index contributed by atoms with van der Waals surface area (Å²) >= 11 is 0. The first kappa shape index (κ1) is 18.1. The molecule has 4 fully saturated rings. The molecule has 5 aliphatic rings. The molecule has 0 amide bonds. The molecule has 3 heterocycles. The van der Waals surface area contributed by atoms with Crippen LogP contribution in [0.3, 0.4) is 0 Å². The smallest absolute Gasteiger partial charge is 0.338 e. The number of esters is 2. The minimum atomic E-state index is -1.40. The molecule has 1 N–H and O–H groups in total. The molecule has 152 valence electrons. The predicted molar refractivity (Wildman–Crippen MR) is 91.3 cm³/mol. The molecule has 8 nitrogen and oxygen atoms in total. The van der Waals surface area contributed by atoms with Crippen LogP contribution in [0.2, 0.25) is 0 Å². The Labute approximate surface area is 162 Å². The molecule has 0 bridgehead atoms. The number of carbonyl (C=O) groups excluding carboxylic acids is 3. The maximum absolute atomic E-state index is 12.5. The lowest BCUT2D eigenvalue weighted by Gasteiger charge is -2.46. The number of hydrogen-bond acceptors (Lipinski definition) is 8. The molecule has 5 rings (SSSR count). The van der Waals surface area contributed by atoms with Crippen molar-refractivity contribution < 1.29 is 38.4 Å². The molecule has 28 heavy (non-hydrogen) atoms. The number of fused-ring (bicyclic) bond motifs is 2. The zero-order valence-electron chi connectivity index (χ0n) is 16.3. The second-order valence-corrected chi connectivity index (χ2v) is 9.71. The average molecular weight is 392 g/mol. The number of rotatable bonds is 2. The summed E-state index contributed by atoms with van der Waals surface area (Å²) in [6.45, 7) is 8.19. The molecule has 0 radical (unpaired) electrons. The first-order valence-electron chi connectivity index (χ1n) is 9.65. The average Bonchev–Trinajstić information content (AvgIpc) is 3.28. The third-order valence-electron chi connectivity index (χ3n) is 7.83. The van der Waals surface area contributed by atoms with Crippen molar-refractivity contribution in [3.63, 3.8) is 0 Å². The molecule has 0 aromatic heterocycles. The zero-order chi connectivity index (χ0) is 20.2. The Bertz CT molecular complexity index is 825. The largest absolute Gasteiger partial charge is 0.464 e. The molecule has 3 aliphatic heterocycles. The van der Waals surface area contributed by atoms with E-state index in [0.717, 1.165) is 5.57 Å². The molecule has 6 unspecified atom stereocenters. The summed E-state index contributed by atoms with van der Waals surface area (Å²) in [5.74, 6) is -1.32. The van der Waals surface area contributed by atoms with E-state index in [9.17, 15) is 19.5 Å². The van der Waals surface area contributed by atoms with Crippen LogP contribution in [0, 0.1) is 22.2 Å². The highest BCUT2D eigenvalue weighted by molar-refractivity contribution is 5.92. The van der Waals surface area contributed by atoms with E-state index in [1.54, 1.807) is 6.92 Å². The van der Waals surface area contributed by atoms with E-state index in [1.165, 1.54) is 0 Å². The van der Waals surface area contributed by atoms with Crippen LogP contribution < -0.4 is 0 Å². The SMILES string of the molecule is CC1=C2C(CC34C(OC=O)C[C@@H](C(C)(C)C)C35C(OC(=O)[C@@H]5O)OC24)OC1=O. The van der Waals surface area contributed by atoms with Crippen LogP contribution in [-0.2, 0) is 33.3 Å². The number of ether oxygens (including phenoxy) is 4. The quantitative estimate of drug-likeness (QED) is 0.419. The summed E-state index contributed by atoms with van der Waals surface area (Å²) in [5, 5.41) is 11.1. The molecule has 2 saturated carbocycles. The van der Waals surface area contributed by atoms with Crippen molar-refractivity contribution in [2.45, 2.75) is 71.2 Å². The monoisotopic (exact) mass is 392 g/mol. The van der Waals surface area contributed by atoms with Crippen LogP contribution in [0.5, 0.6) is 0 Å². The molecular formula is C20H24O8. The topological polar surface area (TPSA) is 108 Å². The van der Waals surface area contributed by atoms with Gasteiger partial charge in [0.05, 0.1) is 16.9 Å². The third-order valence-corrected chi connectivity index (χ3v) is 7.83. The molecule has 8 atom stereocenters. The Morgan fingerprint density at radius 3 is 2.61 bits per heavy atom. The van der Waals surface area contributed by atoms with E-state index in [2.05, 4.69) is 0 Å². The summed E-state index contributed by atoms with van der Waals surface area (Å²) in [5.41, 5.74) is -1.10. The number of carbonyl (C=O) groups is 3. The first-order valence-corrected chi connectivity index (χ1v) is 9.65. The van der Waals surface area contributed by atoms with Crippen molar-refractivity contribution in [3.05, 3.63) is 11.1 Å².